The minimum atomic E-state index is 0.445. The Morgan fingerprint density at radius 3 is 2.82 bits per heavy atom. The van der Waals surface area contributed by atoms with E-state index in [0.29, 0.717) is 18.9 Å². The van der Waals surface area contributed by atoms with Gasteiger partial charge in [0.15, 0.2) is 0 Å². The van der Waals surface area contributed by atoms with Gasteiger partial charge in [-0.2, -0.15) is 0 Å². The van der Waals surface area contributed by atoms with Crippen molar-refractivity contribution in [2.24, 2.45) is 0 Å². The standard InChI is InChI=1S/C13H15NO3/c1-15-13-7-11(14)5-4-10(13)8-16-9-12-3-2-6-17-12/h2-7H,8-9,14H2,1H3. The van der Waals surface area contributed by atoms with Crippen molar-refractivity contribution in [1.29, 1.82) is 0 Å². The second-order valence-electron chi connectivity index (χ2n) is 3.64. The molecule has 90 valence electrons. The first-order valence-electron chi connectivity index (χ1n) is 5.32. The fourth-order valence-electron chi connectivity index (χ4n) is 1.54. The Bertz CT molecular complexity index is 466. The molecule has 0 aliphatic carbocycles. The van der Waals surface area contributed by atoms with Crippen LogP contribution in [0.2, 0.25) is 0 Å². The Morgan fingerprint density at radius 2 is 2.12 bits per heavy atom. The lowest BCUT2D eigenvalue weighted by Crippen LogP contribution is -1.98. The van der Waals surface area contributed by atoms with Crippen LogP contribution in [0.25, 0.3) is 0 Å². The third-order valence-corrected chi connectivity index (χ3v) is 2.39. The Hall–Kier alpha value is -1.94. The lowest BCUT2D eigenvalue weighted by Gasteiger charge is -2.09. The van der Waals surface area contributed by atoms with Crippen LogP contribution < -0.4 is 10.5 Å². The van der Waals surface area contributed by atoms with Gasteiger partial charge in [-0.3, -0.25) is 0 Å². The molecule has 4 heteroatoms. The van der Waals surface area contributed by atoms with Gasteiger partial charge in [0.25, 0.3) is 0 Å². The van der Waals surface area contributed by atoms with Gasteiger partial charge in [-0.25, -0.2) is 0 Å². The van der Waals surface area contributed by atoms with Crippen LogP contribution >= 0.6 is 0 Å². The second kappa shape index (κ2) is 5.41. The normalized spacial score (nSPS) is 10.4. The van der Waals surface area contributed by atoms with Crippen LogP contribution in [0.5, 0.6) is 5.75 Å². The van der Waals surface area contributed by atoms with E-state index in [4.69, 9.17) is 19.6 Å². The molecule has 1 heterocycles. The molecule has 0 amide bonds. The number of ether oxygens (including phenoxy) is 2. The molecule has 0 fully saturated rings. The third-order valence-electron chi connectivity index (χ3n) is 2.39. The van der Waals surface area contributed by atoms with Crippen LogP contribution in [0.3, 0.4) is 0 Å². The molecule has 0 spiro atoms. The first-order chi connectivity index (χ1) is 8.29. The van der Waals surface area contributed by atoms with Crippen LogP contribution in [0.4, 0.5) is 5.69 Å². The van der Waals surface area contributed by atoms with Gasteiger partial charge in [0.2, 0.25) is 0 Å². The number of anilines is 1. The lowest BCUT2D eigenvalue weighted by atomic mass is 10.2. The highest BCUT2D eigenvalue weighted by atomic mass is 16.5. The summed E-state index contributed by atoms with van der Waals surface area (Å²) in [5.41, 5.74) is 7.32. The second-order valence-corrected chi connectivity index (χ2v) is 3.64. The summed E-state index contributed by atoms with van der Waals surface area (Å²) in [5, 5.41) is 0. The van der Waals surface area contributed by atoms with Gasteiger partial charge in [-0.05, 0) is 18.2 Å². The van der Waals surface area contributed by atoms with Crippen molar-refractivity contribution in [3.63, 3.8) is 0 Å². The van der Waals surface area contributed by atoms with Crippen molar-refractivity contribution in [2.45, 2.75) is 13.2 Å². The van der Waals surface area contributed by atoms with E-state index in [-0.39, 0.29) is 0 Å². The maximum absolute atomic E-state index is 5.67. The zero-order chi connectivity index (χ0) is 12.1. The van der Waals surface area contributed by atoms with Crippen LogP contribution in [-0.2, 0) is 18.0 Å². The number of nitrogen functional groups attached to an aromatic ring is 1. The Kier molecular flexibility index (Phi) is 3.67. The van der Waals surface area contributed by atoms with Crippen molar-refractivity contribution in [1.82, 2.24) is 0 Å². The van der Waals surface area contributed by atoms with Gasteiger partial charge >= 0.3 is 0 Å². The van der Waals surface area contributed by atoms with E-state index < -0.39 is 0 Å². The highest BCUT2D eigenvalue weighted by Crippen LogP contribution is 2.22. The summed E-state index contributed by atoms with van der Waals surface area (Å²) in [7, 11) is 1.62. The maximum Gasteiger partial charge on any atom is 0.129 e. The van der Waals surface area contributed by atoms with Crippen molar-refractivity contribution >= 4 is 5.69 Å². The number of furan rings is 1. The van der Waals surface area contributed by atoms with E-state index in [9.17, 15) is 0 Å². The largest absolute Gasteiger partial charge is 0.496 e. The van der Waals surface area contributed by atoms with Crippen LogP contribution in [0, 0.1) is 0 Å². The lowest BCUT2D eigenvalue weighted by molar-refractivity contribution is 0.0914. The molecule has 2 N–H and O–H groups in total. The van der Waals surface area contributed by atoms with Crippen LogP contribution in [0.1, 0.15) is 11.3 Å². The van der Waals surface area contributed by atoms with Gasteiger partial charge in [-0.1, -0.05) is 6.07 Å². The predicted molar refractivity (Wildman–Crippen MR) is 64.6 cm³/mol. The number of benzene rings is 1. The summed E-state index contributed by atoms with van der Waals surface area (Å²) < 4.78 is 15.9. The molecule has 0 unspecified atom stereocenters. The monoisotopic (exact) mass is 233 g/mol. The molecule has 1 aromatic heterocycles. The minimum Gasteiger partial charge on any atom is -0.496 e. The maximum atomic E-state index is 5.67. The van der Waals surface area contributed by atoms with E-state index in [1.165, 1.54) is 0 Å². The molecular formula is C13H15NO3. The molecule has 0 saturated carbocycles. The topological polar surface area (TPSA) is 57.6 Å². The molecule has 17 heavy (non-hydrogen) atoms. The average Bonchev–Trinajstić information content (AvgIpc) is 2.84. The van der Waals surface area contributed by atoms with Crippen molar-refractivity contribution in [3.8, 4) is 5.75 Å². The number of hydrogen-bond donors (Lipinski definition) is 1. The molecule has 0 radical (unpaired) electrons. The Balaban J connectivity index is 1.94. The zero-order valence-corrected chi connectivity index (χ0v) is 9.68. The summed E-state index contributed by atoms with van der Waals surface area (Å²) in [5.74, 6) is 1.55. The molecule has 1 aromatic carbocycles. The first-order valence-corrected chi connectivity index (χ1v) is 5.32. The van der Waals surface area contributed by atoms with E-state index in [0.717, 1.165) is 17.1 Å². The fraction of sp³-hybridized carbons (Fsp3) is 0.231. The van der Waals surface area contributed by atoms with Crippen LogP contribution in [0.15, 0.2) is 41.0 Å². The van der Waals surface area contributed by atoms with Gasteiger partial charge < -0.3 is 19.6 Å². The summed E-state index contributed by atoms with van der Waals surface area (Å²) in [6, 6.07) is 9.22. The summed E-state index contributed by atoms with van der Waals surface area (Å²) in [4.78, 5) is 0. The van der Waals surface area contributed by atoms with E-state index in [2.05, 4.69) is 0 Å². The van der Waals surface area contributed by atoms with Gasteiger partial charge in [0.1, 0.15) is 18.1 Å². The van der Waals surface area contributed by atoms with E-state index in [1.54, 1.807) is 19.4 Å². The highest BCUT2D eigenvalue weighted by molar-refractivity contribution is 5.48. The van der Waals surface area contributed by atoms with Crippen LogP contribution in [-0.4, -0.2) is 7.11 Å². The van der Waals surface area contributed by atoms with Crippen molar-refractivity contribution < 1.29 is 13.9 Å². The first kappa shape index (κ1) is 11.5. The highest BCUT2D eigenvalue weighted by Gasteiger charge is 2.04. The fourth-order valence-corrected chi connectivity index (χ4v) is 1.54. The molecule has 2 aromatic rings. The van der Waals surface area contributed by atoms with E-state index in [1.807, 2.05) is 24.3 Å². The SMILES string of the molecule is COc1cc(N)ccc1COCc1ccco1. The molecule has 4 nitrogen and oxygen atoms in total. The number of methoxy groups -OCH3 is 1. The van der Waals surface area contributed by atoms with Gasteiger partial charge in [0.05, 0.1) is 20.0 Å². The quantitative estimate of drug-likeness (QED) is 0.806. The average molecular weight is 233 g/mol. The molecule has 0 atom stereocenters. The Morgan fingerprint density at radius 1 is 1.24 bits per heavy atom. The summed E-state index contributed by atoms with van der Waals surface area (Å²) in [6.45, 7) is 0.907. The molecule has 0 saturated heterocycles. The summed E-state index contributed by atoms with van der Waals surface area (Å²) >= 11 is 0. The summed E-state index contributed by atoms with van der Waals surface area (Å²) in [6.07, 6.45) is 1.63. The molecule has 0 bridgehead atoms. The molecular weight excluding hydrogens is 218 g/mol. The smallest absolute Gasteiger partial charge is 0.129 e. The van der Waals surface area contributed by atoms with Gasteiger partial charge in [0, 0.05) is 17.3 Å². The molecule has 0 aliphatic rings. The number of hydrogen-bond acceptors (Lipinski definition) is 4. The zero-order valence-electron chi connectivity index (χ0n) is 9.68. The van der Waals surface area contributed by atoms with E-state index >= 15 is 0 Å². The van der Waals surface area contributed by atoms with Crippen molar-refractivity contribution in [2.75, 3.05) is 12.8 Å². The third kappa shape index (κ3) is 3.01. The van der Waals surface area contributed by atoms with Crippen molar-refractivity contribution in [3.05, 3.63) is 47.9 Å². The van der Waals surface area contributed by atoms with Gasteiger partial charge in [-0.15, -0.1) is 0 Å². The minimum absolute atomic E-state index is 0.445. The molecule has 0 aliphatic heterocycles. The Labute approximate surface area is 99.9 Å². The number of rotatable bonds is 5. The molecule has 2 rings (SSSR count). The number of nitrogens with two attached hydrogens (primary N) is 1. The predicted octanol–water partition coefficient (Wildman–Crippen LogP) is 2.59.